The maximum Gasteiger partial charge on any atom is 0.229 e. The van der Waals surface area contributed by atoms with Crippen molar-refractivity contribution in [2.75, 3.05) is 7.05 Å². The van der Waals surface area contributed by atoms with Crippen LogP contribution in [0.5, 0.6) is 0 Å². The lowest BCUT2D eigenvalue weighted by Gasteiger charge is -2.33. The van der Waals surface area contributed by atoms with Crippen molar-refractivity contribution in [3.8, 4) is 0 Å². The molecule has 1 amide bonds. The van der Waals surface area contributed by atoms with Crippen LogP contribution >= 0.6 is 0 Å². The van der Waals surface area contributed by atoms with Gasteiger partial charge in [-0.05, 0) is 19.0 Å². The Morgan fingerprint density at radius 3 is 2.86 bits per heavy atom. The summed E-state index contributed by atoms with van der Waals surface area (Å²) in [6, 6.07) is 0. The van der Waals surface area contributed by atoms with Gasteiger partial charge >= 0.3 is 0 Å². The van der Waals surface area contributed by atoms with Gasteiger partial charge in [0.05, 0.1) is 0 Å². The Morgan fingerprint density at radius 1 is 1.79 bits per heavy atom. The van der Waals surface area contributed by atoms with Crippen LogP contribution in [0.1, 0.15) is 13.3 Å². The van der Waals surface area contributed by atoms with Crippen LogP contribution in [0.15, 0.2) is 23.8 Å². The monoisotopic (exact) mass is 198 g/mol. The van der Waals surface area contributed by atoms with Crippen molar-refractivity contribution in [1.29, 1.82) is 0 Å². The summed E-state index contributed by atoms with van der Waals surface area (Å²) in [5, 5.41) is 2.53. The van der Waals surface area contributed by atoms with Crippen LogP contribution in [0.4, 0.5) is 4.39 Å². The first kappa shape index (κ1) is 10.9. The van der Waals surface area contributed by atoms with Gasteiger partial charge in [-0.25, -0.2) is 4.39 Å². The Bertz CT molecular complexity index is 298. The summed E-state index contributed by atoms with van der Waals surface area (Å²) in [5.74, 6) is -3.40. The molecule has 4 heteroatoms. The second kappa shape index (κ2) is 3.92. The first-order chi connectivity index (χ1) is 6.56. The minimum atomic E-state index is -1.82. The van der Waals surface area contributed by atoms with Crippen molar-refractivity contribution in [3.63, 3.8) is 0 Å². The van der Waals surface area contributed by atoms with E-state index in [4.69, 9.17) is 5.73 Å². The first-order valence-corrected chi connectivity index (χ1v) is 4.61. The Hall–Kier alpha value is -1.16. The van der Waals surface area contributed by atoms with Crippen LogP contribution in [0.3, 0.4) is 0 Å². The summed E-state index contributed by atoms with van der Waals surface area (Å²) in [5.41, 5.74) is 5.69. The molecule has 1 rings (SSSR count). The predicted octanol–water partition coefficient (Wildman–Crippen LogP) is 0.879. The molecule has 3 nitrogen and oxygen atoms in total. The van der Waals surface area contributed by atoms with Gasteiger partial charge in [0.15, 0.2) is 5.79 Å². The number of hydrogen-bond donors (Lipinski definition) is 2. The Morgan fingerprint density at radius 2 is 2.43 bits per heavy atom. The minimum Gasteiger partial charge on any atom is -0.369 e. The quantitative estimate of drug-likeness (QED) is 0.661. The topological polar surface area (TPSA) is 55.1 Å². The molecule has 2 unspecified atom stereocenters. The number of primary amides is 1. The highest BCUT2D eigenvalue weighted by Gasteiger charge is 2.43. The Balaban J connectivity index is 3.08. The first-order valence-electron chi connectivity index (χ1n) is 4.61. The summed E-state index contributed by atoms with van der Waals surface area (Å²) >= 11 is 0. The molecule has 0 aromatic rings. The van der Waals surface area contributed by atoms with Gasteiger partial charge in [0, 0.05) is 0 Å². The number of carbonyl (C=O) groups is 1. The fourth-order valence-corrected chi connectivity index (χ4v) is 1.72. The van der Waals surface area contributed by atoms with Crippen molar-refractivity contribution >= 4 is 5.91 Å². The molecule has 14 heavy (non-hydrogen) atoms. The van der Waals surface area contributed by atoms with Crippen molar-refractivity contribution in [1.82, 2.24) is 5.32 Å². The number of hydrogen-bond acceptors (Lipinski definition) is 2. The third-order valence-electron chi connectivity index (χ3n) is 2.55. The normalized spacial score (nSPS) is 31.4. The molecule has 0 aromatic heterocycles. The summed E-state index contributed by atoms with van der Waals surface area (Å²) < 4.78 is 14.4. The third kappa shape index (κ3) is 1.57. The second-order valence-electron chi connectivity index (χ2n) is 3.27. The lowest BCUT2D eigenvalue weighted by Crippen LogP contribution is -2.52. The van der Waals surface area contributed by atoms with E-state index in [1.807, 2.05) is 6.92 Å². The van der Waals surface area contributed by atoms with E-state index < -0.39 is 17.6 Å². The van der Waals surface area contributed by atoms with Gasteiger partial charge in [-0.2, -0.15) is 0 Å². The van der Waals surface area contributed by atoms with E-state index in [-0.39, 0.29) is 0 Å². The van der Waals surface area contributed by atoms with E-state index in [0.717, 1.165) is 0 Å². The van der Waals surface area contributed by atoms with Crippen molar-refractivity contribution in [3.05, 3.63) is 23.8 Å². The van der Waals surface area contributed by atoms with Crippen LogP contribution < -0.4 is 11.1 Å². The number of halogens is 1. The van der Waals surface area contributed by atoms with Crippen LogP contribution in [0.2, 0.25) is 0 Å². The molecule has 0 aromatic carbocycles. The van der Waals surface area contributed by atoms with E-state index in [0.29, 0.717) is 12.0 Å². The SMILES string of the molecule is CCC1=CC=CC(C(N)=O)C1(F)NC. The molecule has 0 saturated carbocycles. The molecule has 0 saturated heterocycles. The van der Waals surface area contributed by atoms with E-state index in [2.05, 4.69) is 5.32 Å². The molecule has 3 N–H and O–H groups in total. The average molecular weight is 198 g/mol. The second-order valence-corrected chi connectivity index (χ2v) is 3.27. The zero-order chi connectivity index (χ0) is 10.8. The fourth-order valence-electron chi connectivity index (χ4n) is 1.72. The van der Waals surface area contributed by atoms with Crippen LogP contribution in [-0.2, 0) is 4.79 Å². The molecule has 0 radical (unpaired) electrons. The number of amides is 1. The molecule has 0 fully saturated rings. The van der Waals surface area contributed by atoms with Crippen molar-refractivity contribution < 1.29 is 9.18 Å². The lowest BCUT2D eigenvalue weighted by atomic mass is 9.84. The van der Waals surface area contributed by atoms with Gasteiger partial charge in [-0.15, -0.1) is 0 Å². The van der Waals surface area contributed by atoms with Crippen molar-refractivity contribution in [2.24, 2.45) is 11.7 Å². The van der Waals surface area contributed by atoms with Crippen LogP contribution in [0, 0.1) is 5.92 Å². The average Bonchev–Trinajstić information content (AvgIpc) is 2.17. The maximum atomic E-state index is 14.4. The molecular weight excluding hydrogens is 183 g/mol. The zero-order valence-electron chi connectivity index (χ0n) is 8.38. The smallest absolute Gasteiger partial charge is 0.229 e. The standard InChI is InChI=1S/C10H15FN2O/c1-3-7-5-4-6-8(9(12)14)10(7,11)13-2/h4-6,8,13H,3H2,1-2H3,(H2,12,14). The predicted molar refractivity (Wildman–Crippen MR) is 53.1 cm³/mol. The van der Waals surface area contributed by atoms with Crippen LogP contribution in [-0.4, -0.2) is 18.7 Å². The number of carbonyl (C=O) groups excluding carboxylic acids is 1. The molecule has 0 heterocycles. The molecule has 78 valence electrons. The van der Waals surface area contributed by atoms with Gasteiger partial charge in [-0.3, -0.25) is 10.1 Å². The summed E-state index contributed by atoms with van der Waals surface area (Å²) in [6.07, 6.45) is 5.38. The summed E-state index contributed by atoms with van der Waals surface area (Å²) in [7, 11) is 1.48. The molecule has 1 aliphatic rings. The van der Waals surface area contributed by atoms with Gasteiger partial charge in [-0.1, -0.05) is 25.2 Å². The van der Waals surface area contributed by atoms with Gasteiger partial charge in [0.2, 0.25) is 5.91 Å². The highest BCUT2D eigenvalue weighted by molar-refractivity contribution is 5.81. The van der Waals surface area contributed by atoms with Gasteiger partial charge < -0.3 is 5.73 Å². The summed E-state index contributed by atoms with van der Waals surface area (Å²) in [4.78, 5) is 11.1. The molecule has 2 atom stereocenters. The minimum absolute atomic E-state index is 0.547. The zero-order valence-corrected chi connectivity index (χ0v) is 8.38. The molecule has 0 spiro atoms. The molecule has 1 aliphatic carbocycles. The number of likely N-dealkylation sites (N-methyl/N-ethyl adjacent to an activating group) is 1. The molecular formula is C10H15FN2O. The highest BCUT2D eigenvalue weighted by Crippen LogP contribution is 2.33. The number of allylic oxidation sites excluding steroid dienone is 2. The fraction of sp³-hybridized carbons (Fsp3) is 0.500. The number of alkyl halides is 1. The Kier molecular flexibility index (Phi) is 3.06. The molecule has 0 bridgehead atoms. The van der Waals surface area contributed by atoms with E-state index in [9.17, 15) is 9.18 Å². The number of nitrogens with one attached hydrogen (secondary N) is 1. The maximum absolute atomic E-state index is 14.4. The number of nitrogens with two attached hydrogens (primary N) is 1. The summed E-state index contributed by atoms with van der Waals surface area (Å²) in [6.45, 7) is 1.84. The molecule has 0 aliphatic heterocycles. The highest BCUT2D eigenvalue weighted by atomic mass is 19.1. The van der Waals surface area contributed by atoms with Crippen molar-refractivity contribution in [2.45, 2.75) is 19.1 Å². The lowest BCUT2D eigenvalue weighted by molar-refractivity contribution is -0.124. The Labute approximate surface area is 82.9 Å². The van der Waals surface area contributed by atoms with Gasteiger partial charge in [0.1, 0.15) is 5.92 Å². The largest absolute Gasteiger partial charge is 0.369 e. The number of rotatable bonds is 3. The third-order valence-corrected chi connectivity index (χ3v) is 2.55. The van der Waals surface area contributed by atoms with E-state index >= 15 is 0 Å². The van der Waals surface area contributed by atoms with Gasteiger partial charge in [0.25, 0.3) is 0 Å². The van der Waals surface area contributed by atoms with E-state index in [1.165, 1.54) is 13.1 Å². The van der Waals surface area contributed by atoms with Crippen LogP contribution in [0.25, 0.3) is 0 Å². The van der Waals surface area contributed by atoms with E-state index in [1.54, 1.807) is 12.2 Å².